The average molecular weight is 332 g/mol. The number of aromatic amines is 1. The maximum absolute atomic E-state index is 4.67. The lowest BCUT2D eigenvalue weighted by Gasteiger charge is -2.10. The second kappa shape index (κ2) is 6.05. The number of aryl methyl sites for hydroxylation is 3. The van der Waals surface area contributed by atoms with Crippen LogP contribution in [0, 0.1) is 6.92 Å². The minimum atomic E-state index is 0.715. The first-order chi connectivity index (χ1) is 12.2. The Morgan fingerprint density at radius 3 is 2.68 bits per heavy atom. The molecule has 0 atom stereocenters. The summed E-state index contributed by atoms with van der Waals surface area (Å²) in [5.74, 6) is 1.43. The van der Waals surface area contributed by atoms with Gasteiger partial charge in [0.25, 0.3) is 0 Å². The van der Waals surface area contributed by atoms with Gasteiger partial charge in [-0.2, -0.15) is 10.1 Å². The Morgan fingerprint density at radius 2 is 1.92 bits per heavy atom. The SMILES string of the molecule is CCc1c(Nc2nc(-c3ccc(C)cc3)nn2C)ccc2[nH]ncc12. The molecule has 0 bridgehead atoms. The van der Waals surface area contributed by atoms with E-state index in [0.717, 1.165) is 28.6 Å². The van der Waals surface area contributed by atoms with Gasteiger partial charge in [-0.15, -0.1) is 5.10 Å². The second-order valence-corrected chi connectivity index (χ2v) is 6.15. The topological polar surface area (TPSA) is 71.4 Å². The molecule has 2 aromatic carbocycles. The standard InChI is InChI=1S/C19H20N6/c1-4-14-15-11-20-23-17(15)10-9-16(14)21-19-22-18(24-25(19)3)13-7-5-12(2)6-8-13/h5-11H,4H2,1-3H3,(H,20,23)(H,21,22,24). The maximum atomic E-state index is 4.67. The summed E-state index contributed by atoms with van der Waals surface area (Å²) in [6, 6.07) is 12.3. The number of rotatable bonds is 4. The summed E-state index contributed by atoms with van der Waals surface area (Å²) in [5, 5.41) is 16.3. The minimum absolute atomic E-state index is 0.715. The summed E-state index contributed by atoms with van der Waals surface area (Å²) in [6.07, 6.45) is 2.77. The fraction of sp³-hybridized carbons (Fsp3) is 0.211. The largest absolute Gasteiger partial charge is 0.324 e. The minimum Gasteiger partial charge on any atom is -0.324 e. The molecular weight excluding hydrogens is 312 g/mol. The Kier molecular flexibility index (Phi) is 3.72. The van der Waals surface area contributed by atoms with Gasteiger partial charge in [-0.1, -0.05) is 36.8 Å². The van der Waals surface area contributed by atoms with Crippen LogP contribution in [0.1, 0.15) is 18.1 Å². The number of hydrogen-bond donors (Lipinski definition) is 2. The molecule has 0 radical (unpaired) electrons. The summed E-state index contributed by atoms with van der Waals surface area (Å²) in [4.78, 5) is 4.67. The Bertz CT molecular complexity index is 1030. The van der Waals surface area contributed by atoms with Gasteiger partial charge in [0, 0.05) is 23.7 Å². The van der Waals surface area contributed by atoms with Gasteiger partial charge in [0.15, 0.2) is 5.82 Å². The molecule has 0 aliphatic heterocycles. The van der Waals surface area contributed by atoms with E-state index >= 15 is 0 Å². The summed E-state index contributed by atoms with van der Waals surface area (Å²) in [7, 11) is 1.90. The Morgan fingerprint density at radius 1 is 1.12 bits per heavy atom. The summed E-state index contributed by atoms with van der Waals surface area (Å²) in [5.41, 5.74) is 5.52. The molecule has 0 saturated carbocycles. The molecule has 2 aromatic heterocycles. The van der Waals surface area contributed by atoms with Gasteiger partial charge < -0.3 is 5.32 Å². The molecule has 6 heteroatoms. The van der Waals surface area contributed by atoms with Gasteiger partial charge >= 0.3 is 0 Å². The van der Waals surface area contributed by atoms with Crippen molar-refractivity contribution < 1.29 is 0 Å². The lowest BCUT2D eigenvalue weighted by atomic mass is 10.1. The van der Waals surface area contributed by atoms with Crippen LogP contribution in [0.3, 0.4) is 0 Å². The number of H-pyrrole nitrogens is 1. The van der Waals surface area contributed by atoms with Crippen LogP contribution in [0.2, 0.25) is 0 Å². The van der Waals surface area contributed by atoms with Crippen molar-refractivity contribution in [3.05, 3.63) is 53.7 Å². The first-order valence-electron chi connectivity index (χ1n) is 8.35. The third kappa shape index (κ3) is 2.76. The lowest BCUT2D eigenvalue weighted by molar-refractivity contribution is 0.778. The monoisotopic (exact) mass is 332 g/mol. The number of anilines is 2. The lowest BCUT2D eigenvalue weighted by Crippen LogP contribution is -2.02. The number of fused-ring (bicyclic) bond motifs is 1. The second-order valence-electron chi connectivity index (χ2n) is 6.15. The molecule has 4 aromatic rings. The van der Waals surface area contributed by atoms with Crippen molar-refractivity contribution in [2.24, 2.45) is 7.05 Å². The zero-order valence-electron chi connectivity index (χ0n) is 14.5. The number of nitrogens with one attached hydrogen (secondary N) is 2. The molecule has 0 spiro atoms. The summed E-state index contributed by atoms with van der Waals surface area (Å²) < 4.78 is 1.77. The van der Waals surface area contributed by atoms with Crippen LogP contribution < -0.4 is 5.32 Å². The van der Waals surface area contributed by atoms with Crippen molar-refractivity contribution in [1.29, 1.82) is 0 Å². The number of benzene rings is 2. The predicted molar refractivity (Wildman–Crippen MR) is 99.9 cm³/mol. The molecule has 0 aliphatic rings. The van der Waals surface area contributed by atoms with Crippen LogP contribution in [0.25, 0.3) is 22.3 Å². The van der Waals surface area contributed by atoms with Crippen LogP contribution >= 0.6 is 0 Å². The van der Waals surface area contributed by atoms with Crippen molar-refractivity contribution in [1.82, 2.24) is 25.0 Å². The smallest absolute Gasteiger partial charge is 0.225 e. The summed E-state index contributed by atoms with van der Waals surface area (Å²) in [6.45, 7) is 4.21. The first kappa shape index (κ1) is 15.4. The highest BCUT2D eigenvalue weighted by atomic mass is 15.4. The van der Waals surface area contributed by atoms with E-state index < -0.39 is 0 Å². The molecule has 2 N–H and O–H groups in total. The number of nitrogens with zero attached hydrogens (tertiary/aromatic N) is 4. The molecular formula is C19H20N6. The van der Waals surface area contributed by atoms with Gasteiger partial charge in [0.05, 0.1) is 11.7 Å². The van der Waals surface area contributed by atoms with Crippen molar-refractivity contribution in [2.75, 3.05) is 5.32 Å². The molecule has 0 saturated heterocycles. The average Bonchev–Trinajstić information content (AvgIpc) is 3.22. The van der Waals surface area contributed by atoms with Crippen molar-refractivity contribution >= 4 is 22.5 Å². The zero-order chi connectivity index (χ0) is 17.4. The highest BCUT2D eigenvalue weighted by Crippen LogP contribution is 2.28. The van der Waals surface area contributed by atoms with E-state index in [1.165, 1.54) is 11.1 Å². The van der Waals surface area contributed by atoms with E-state index in [9.17, 15) is 0 Å². The molecule has 6 nitrogen and oxygen atoms in total. The highest BCUT2D eigenvalue weighted by Gasteiger charge is 2.13. The molecule has 25 heavy (non-hydrogen) atoms. The molecule has 126 valence electrons. The predicted octanol–water partition coefficient (Wildman–Crippen LogP) is 3.97. The zero-order valence-corrected chi connectivity index (χ0v) is 14.5. The van der Waals surface area contributed by atoms with Crippen molar-refractivity contribution in [2.45, 2.75) is 20.3 Å². The van der Waals surface area contributed by atoms with Crippen LogP contribution in [0.5, 0.6) is 0 Å². The van der Waals surface area contributed by atoms with E-state index in [0.29, 0.717) is 11.8 Å². The van der Waals surface area contributed by atoms with Gasteiger partial charge in [0.1, 0.15) is 0 Å². The quantitative estimate of drug-likeness (QED) is 0.593. The molecule has 4 rings (SSSR count). The maximum Gasteiger partial charge on any atom is 0.225 e. The van der Waals surface area contributed by atoms with Crippen LogP contribution in [-0.2, 0) is 13.5 Å². The highest BCUT2D eigenvalue weighted by molar-refractivity contribution is 5.87. The number of aromatic nitrogens is 5. The Hall–Kier alpha value is -3.15. The van der Waals surface area contributed by atoms with Crippen molar-refractivity contribution in [3.63, 3.8) is 0 Å². The third-order valence-electron chi connectivity index (χ3n) is 4.41. The van der Waals surface area contributed by atoms with E-state index in [2.05, 4.69) is 57.6 Å². The van der Waals surface area contributed by atoms with Crippen molar-refractivity contribution in [3.8, 4) is 11.4 Å². The Balaban J connectivity index is 1.71. The fourth-order valence-corrected chi connectivity index (χ4v) is 3.01. The molecule has 0 amide bonds. The molecule has 2 heterocycles. The van der Waals surface area contributed by atoms with E-state index in [1.54, 1.807) is 4.68 Å². The van der Waals surface area contributed by atoms with E-state index in [-0.39, 0.29) is 0 Å². The van der Waals surface area contributed by atoms with Gasteiger partial charge in [-0.25, -0.2) is 4.68 Å². The van der Waals surface area contributed by atoms with Gasteiger partial charge in [0.2, 0.25) is 5.95 Å². The Labute approximate surface area is 145 Å². The van der Waals surface area contributed by atoms with Gasteiger partial charge in [-0.3, -0.25) is 5.10 Å². The van der Waals surface area contributed by atoms with Gasteiger partial charge in [-0.05, 0) is 31.0 Å². The molecule has 0 unspecified atom stereocenters. The molecule has 0 fully saturated rings. The summed E-state index contributed by atoms with van der Waals surface area (Å²) >= 11 is 0. The van der Waals surface area contributed by atoms with E-state index in [4.69, 9.17) is 0 Å². The van der Waals surface area contributed by atoms with E-state index in [1.807, 2.05) is 31.4 Å². The van der Waals surface area contributed by atoms with Crippen LogP contribution in [0.4, 0.5) is 11.6 Å². The first-order valence-corrected chi connectivity index (χ1v) is 8.35. The molecule has 0 aliphatic carbocycles. The van der Waals surface area contributed by atoms with Crippen LogP contribution in [0.15, 0.2) is 42.6 Å². The third-order valence-corrected chi connectivity index (χ3v) is 4.41. The fourth-order valence-electron chi connectivity index (χ4n) is 3.01. The number of hydrogen-bond acceptors (Lipinski definition) is 4. The normalized spacial score (nSPS) is 11.2. The van der Waals surface area contributed by atoms with Crippen LogP contribution in [-0.4, -0.2) is 25.0 Å².